The van der Waals surface area contributed by atoms with Crippen molar-refractivity contribution < 1.29 is 0 Å². The van der Waals surface area contributed by atoms with Crippen molar-refractivity contribution in [2.75, 3.05) is 49.6 Å². The first-order valence-electron chi connectivity index (χ1n) is 7.43. The van der Waals surface area contributed by atoms with Crippen LogP contribution in [0.1, 0.15) is 13.8 Å². The van der Waals surface area contributed by atoms with Crippen molar-refractivity contribution in [3.63, 3.8) is 0 Å². The van der Waals surface area contributed by atoms with E-state index in [9.17, 15) is 0 Å². The van der Waals surface area contributed by atoms with Crippen molar-refractivity contribution in [1.82, 2.24) is 24.6 Å². The van der Waals surface area contributed by atoms with E-state index < -0.39 is 0 Å². The Morgan fingerprint density at radius 2 is 1.86 bits per heavy atom. The van der Waals surface area contributed by atoms with Gasteiger partial charge in [-0.05, 0) is 25.2 Å². The molecule has 2 rings (SSSR count). The minimum absolute atomic E-state index is 0.151. The molecule has 0 aliphatic rings. The minimum Gasteiger partial charge on any atom is -0.368 e. The Bertz CT molecular complexity index is 587. The first kappa shape index (κ1) is 16.0. The van der Waals surface area contributed by atoms with Gasteiger partial charge in [0.15, 0.2) is 0 Å². The Labute approximate surface area is 130 Å². The van der Waals surface area contributed by atoms with Crippen LogP contribution in [-0.4, -0.2) is 57.9 Å². The lowest BCUT2D eigenvalue weighted by Gasteiger charge is -2.23. The summed E-state index contributed by atoms with van der Waals surface area (Å²) in [6.07, 6.45) is 1.72. The van der Waals surface area contributed by atoms with Gasteiger partial charge >= 0.3 is 0 Å². The fourth-order valence-electron chi connectivity index (χ4n) is 2.21. The number of nitrogen functional groups attached to an aromatic ring is 2. The molecule has 0 aliphatic carbocycles. The standard InChI is InChI=1S/C14H24N8/c1-4-21(5-2)9-8-20(3)12-7-6-11(10-17-12)22-14(16)18-13(15)19-22/h6-7,10H,4-5,8-9H2,1-3H3,(H4,15,16,18,19). The number of likely N-dealkylation sites (N-methyl/N-ethyl adjacent to an activating group) is 2. The Morgan fingerprint density at radius 1 is 1.14 bits per heavy atom. The molecule has 8 heteroatoms. The second-order valence-corrected chi connectivity index (χ2v) is 5.06. The van der Waals surface area contributed by atoms with Gasteiger partial charge in [0.1, 0.15) is 5.82 Å². The summed E-state index contributed by atoms with van der Waals surface area (Å²) in [6, 6.07) is 3.84. The first-order chi connectivity index (χ1) is 10.5. The van der Waals surface area contributed by atoms with E-state index in [2.05, 4.69) is 38.7 Å². The third-order valence-electron chi connectivity index (χ3n) is 3.66. The molecule has 2 aromatic rings. The number of nitrogens with zero attached hydrogens (tertiary/aromatic N) is 6. The lowest BCUT2D eigenvalue weighted by molar-refractivity contribution is 0.311. The number of anilines is 3. The third-order valence-corrected chi connectivity index (χ3v) is 3.66. The van der Waals surface area contributed by atoms with E-state index in [4.69, 9.17) is 11.5 Å². The van der Waals surface area contributed by atoms with E-state index in [1.54, 1.807) is 6.20 Å². The fourth-order valence-corrected chi connectivity index (χ4v) is 2.21. The molecular formula is C14H24N8. The molecule has 0 saturated carbocycles. The van der Waals surface area contributed by atoms with Gasteiger partial charge in [0.25, 0.3) is 0 Å². The van der Waals surface area contributed by atoms with Crippen LogP contribution in [0, 0.1) is 0 Å². The Hall–Kier alpha value is -2.35. The van der Waals surface area contributed by atoms with Gasteiger partial charge in [0, 0.05) is 20.1 Å². The van der Waals surface area contributed by atoms with Gasteiger partial charge in [0.2, 0.25) is 11.9 Å². The van der Waals surface area contributed by atoms with Gasteiger partial charge in [-0.15, -0.1) is 5.10 Å². The highest BCUT2D eigenvalue weighted by atomic mass is 15.4. The summed E-state index contributed by atoms with van der Waals surface area (Å²) >= 11 is 0. The molecule has 0 spiro atoms. The monoisotopic (exact) mass is 304 g/mol. The molecule has 2 heterocycles. The predicted octanol–water partition coefficient (Wildman–Crippen LogP) is 0.605. The van der Waals surface area contributed by atoms with Crippen molar-refractivity contribution in [2.24, 2.45) is 0 Å². The topological polar surface area (TPSA) is 102 Å². The smallest absolute Gasteiger partial charge is 0.241 e. The van der Waals surface area contributed by atoms with Crippen LogP contribution in [0.4, 0.5) is 17.7 Å². The van der Waals surface area contributed by atoms with Crippen LogP contribution in [-0.2, 0) is 0 Å². The molecule has 4 N–H and O–H groups in total. The molecule has 0 amide bonds. The maximum absolute atomic E-state index is 5.75. The summed E-state index contributed by atoms with van der Waals surface area (Å²) in [5, 5.41) is 4.03. The largest absolute Gasteiger partial charge is 0.368 e. The molecule has 0 atom stereocenters. The molecule has 8 nitrogen and oxygen atoms in total. The average Bonchev–Trinajstić information content (AvgIpc) is 2.87. The highest BCUT2D eigenvalue weighted by Crippen LogP contribution is 2.15. The second kappa shape index (κ2) is 7.08. The van der Waals surface area contributed by atoms with Crippen molar-refractivity contribution in [2.45, 2.75) is 13.8 Å². The molecule has 0 saturated heterocycles. The lowest BCUT2D eigenvalue weighted by Crippen LogP contribution is -2.33. The third kappa shape index (κ3) is 3.64. The minimum atomic E-state index is 0.151. The average molecular weight is 304 g/mol. The molecule has 22 heavy (non-hydrogen) atoms. The summed E-state index contributed by atoms with van der Waals surface area (Å²) < 4.78 is 1.47. The SMILES string of the molecule is CCN(CC)CCN(C)c1ccc(-n2nc(N)nc2N)cn1. The van der Waals surface area contributed by atoms with Crippen LogP contribution in [0.2, 0.25) is 0 Å². The molecule has 0 unspecified atom stereocenters. The molecular weight excluding hydrogens is 280 g/mol. The van der Waals surface area contributed by atoms with Crippen LogP contribution >= 0.6 is 0 Å². The van der Waals surface area contributed by atoms with E-state index >= 15 is 0 Å². The Balaban J connectivity index is 2.03. The van der Waals surface area contributed by atoms with Gasteiger partial charge in [-0.1, -0.05) is 13.8 Å². The number of nitrogens with two attached hydrogens (primary N) is 2. The zero-order valence-corrected chi connectivity index (χ0v) is 13.4. The van der Waals surface area contributed by atoms with Gasteiger partial charge in [-0.25, -0.2) is 4.98 Å². The van der Waals surface area contributed by atoms with Crippen LogP contribution in [0.25, 0.3) is 5.69 Å². The molecule has 0 aromatic carbocycles. The summed E-state index contributed by atoms with van der Waals surface area (Å²) in [5.41, 5.74) is 12.0. The van der Waals surface area contributed by atoms with E-state index in [1.807, 2.05) is 19.2 Å². The predicted molar refractivity (Wildman–Crippen MR) is 89.0 cm³/mol. The molecule has 120 valence electrons. The maximum Gasteiger partial charge on any atom is 0.241 e. The highest BCUT2D eigenvalue weighted by molar-refractivity contribution is 5.45. The maximum atomic E-state index is 5.75. The number of pyridine rings is 1. The van der Waals surface area contributed by atoms with E-state index in [1.165, 1.54) is 4.68 Å². The van der Waals surface area contributed by atoms with Gasteiger partial charge in [0.05, 0.1) is 11.9 Å². The van der Waals surface area contributed by atoms with E-state index in [0.717, 1.165) is 37.7 Å². The highest BCUT2D eigenvalue weighted by Gasteiger charge is 2.09. The van der Waals surface area contributed by atoms with E-state index in [0.29, 0.717) is 0 Å². The number of hydrogen-bond acceptors (Lipinski definition) is 7. The summed E-state index contributed by atoms with van der Waals surface area (Å²) in [7, 11) is 2.04. The molecule has 0 bridgehead atoms. The van der Waals surface area contributed by atoms with Crippen LogP contribution in [0.5, 0.6) is 0 Å². The van der Waals surface area contributed by atoms with E-state index in [-0.39, 0.29) is 11.9 Å². The molecule has 0 aliphatic heterocycles. The van der Waals surface area contributed by atoms with Crippen molar-refractivity contribution in [3.8, 4) is 5.69 Å². The number of aromatic nitrogens is 4. The van der Waals surface area contributed by atoms with Crippen LogP contribution in [0.15, 0.2) is 18.3 Å². The molecule has 0 radical (unpaired) electrons. The number of hydrogen-bond donors (Lipinski definition) is 2. The van der Waals surface area contributed by atoms with Crippen molar-refractivity contribution >= 4 is 17.7 Å². The summed E-state index contributed by atoms with van der Waals surface area (Å²) in [6.45, 7) is 8.40. The molecule has 0 fully saturated rings. The van der Waals surface area contributed by atoms with Crippen molar-refractivity contribution in [1.29, 1.82) is 0 Å². The first-order valence-corrected chi connectivity index (χ1v) is 7.43. The molecule has 2 aromatic heterocycles. The summed E-state index contributed by atoms with van der Waals surface area (Å²) in [5.74, 6) is 1.31. The van der Waals surface area contributed by atoms with Crippen LogP contribution < -0.4 is 16.4 Å². The quantitative estimate of drug-likeness (QED) is 0.772. The van der Waals surface area contributed by atoms with Crippen LogP contribution in [0.3, 0.4) is 0 Å². The fraction of sp³-hybridized carbons (Fsp3) is 0.500. The zero-order valence-electron chi connectivity index (χ0n) is 13.4. The second-order valence-electron chi connectivity index (χ2n) is 5.06. The zero-order chi connectivity index (χ0) is 16.1. The van der Waals surface area contributed by atoms with Crippen molar-refractivity contribution in [3.05, 3.63) is 18.3 Å². The Kier molecular flexibility index (Phi) is 5.16. The van der Waals surface area contributed by atoms with Gasteiger partial charge in [-0.3, -0.25) is 0 Å². The summed E-state index contributed by atoms with van der Waals surface area (Å²) in [4.78, 5) is 12.8. The normalized spacial score (nSPS) is 11.1. The lowest BCUT2D eigenvalue weighted by atomic mass is 10.3. The Morgan fingerprint density at radius 3 is 2.36 bits per heavy atom. The number of rotatable bonds is 7. The van der Waals surface area contributed by atoms with Gasteiger partial charge in [-0.2, -0.15) is 9.67 Å². The van der Waals surface area contributed by atoms with Gasteiger partial charge < -0.3 is 21.3 Å².